The van der Waals surface area contributed by atoms with E-state index in [0.717, 1.165) is 16.7 Å². The van der Waals surface area contributed by atoms with Gasteiger partial charge in [-0.25, -0.2) is 13.6 Å². The second-order valence-electron chi connectivity index (χ2n) is 7.85. The van der Waals surface area contributed by atoms with Gasteiger partial charge < -0.3 is 19.7 Å². The fourth-order valence-corrected chi connectivity index (χ4v) is 3.43. The molecule has 174 valence electrons. The maximum absolute atomic E-state index is 13.1. The smallest absolute Gasteiger partial charge is 0.410 e. The maximum Gasteiger partial charge on any atom is 0.410 e. The van der Waals surface area contributed by atoms with E-state index in [-0.39, 0.29) is 13.2 Å². The second kappa shape index (κ2) is 10.9. The number of hydrogen-bond donors (Lipinski definition) is 1. The van der Waals surface area contributed by atoms with Crippen LogP contribution in [-0.2, 0) is 33.8 Å². The van der Waals surface area contributed by atoms with E-state index >= 15 is 0 Å². The predicted molar refractivity (Wildman–Crippen MR) is 115 cm³/mol. The van der Waals surface area contributed by atoms with Gasteiger partial charge in [-0.05, 0) is 30.0 Å². The van der Waals surface area contributed by atoms with Crippen LogP contribution in [-0.4, -0.2) is 41.7 Å². The van der Waals surface area contributed by atoms with Gasteiger partial charge in [-0.3, -0.25) is 4.79 Å². The van der Waals surface area contributed by atoms with Crippen molar-refractivity contribution < 1.29 is 27.8 Å². The summed E-state index contributed by atoms with van der Waals surface area (Å²) in [5.74, 6) is -1.03. The van der Waals surface area contributed by atoms with Crippen LogP contribution in [0.3, 0.4) is 0 Å². The van der Waals surface area contributed by atoms with Crippen LogP contribution < -0.4 is 5.32 Å². The Morgan fingerprint density at radius 1 is 1.15 bits per heavy atom. The summed E-state index contributed by atoms with van der Waals surface area (Å²) in [6, 6.07) is 18.4. The first-order valence-corrected chi connectivity index (χ1v) is 10.5. The van der Waals surface area contributed by atoms with Crippen molar-refractivity contribution in [2.75, 3.05) is 6.54 Å². The van der Waals surface area contributed by atoms with E-state index in [4.69, 9.17) is 9.47 Å². The quantitative estimate of drug-likeness (QED) is 0.609. The molecule has 0 radical (unpaired) electrons. The molecule has 2 aromatic rings. The average molecular weight is 457 g/mol. The number of benzene rings is 2. The molecular weight excluding hydrogens is 432 g/mol. The number of amides is 2. The Kier molecular flexibility index (Phi) is 7.96. The van der Waals surface area contributed by atoms with Crippen LogP contribution in [0.4, 0.5) is 13.6 Å². The van der Waals surface area contributed by atoms with Crippen LogP contribution in [0, 0.1) is 11.3 Å². The van der Waals surface area contributed by atoms with Gasteiger partial charge in [-0.2, -0.15) is 5.26 Å². The average Bonchev–Trinajstić information content (AvgIpc) is 2.82. The first kappa shape index (κ1) is 24.1. The molecule has 0 fully saturated rings. The largest absolute Gasteiger partial charge is 0.436 e. The zero-order chi connectivity index (χ0) is 23.8. The van der Waals surface area contributed by atoms with Crippen molar-refractivity contribution in [2.45, 2.75) is 51.2 Å². The summed E-state index contributed by atoms with van der Waals surface area (Å²) in [6.45, 7) is 1.91. The lowest BCUT2D eigenvalue weighted by molar-refractivity contribution is -0.140. The number of fused-ring (bicyclic) bond motifs is 1. The normalized spacial score (nSPS) is 15.7. The summed E-state index contributed by atoms with van der Waals surface area (Å²) in [5, 5.41) is 11.8. The molecule has 0 saturated heterocycles. The number of nitrogens with one attached hydrogen (secondary N) is 1. The van der Waals surface area contributed by atoms with E-state index in [1.165, 1.54) is 11.8 Å². The number of carbonyl (C=O) groups is 2. The Morgan fingerprint density at radius 2 is 1.82 bits per heavy atom. The monoisotopic (exact) mass is 457 g/mol. The zero-order valence-corrected chi connectivity index (χ0v) is 18.2. The summed E-state index contributed by atoms with van der Waals surface area (Å²) < 4.78 is 37.0. The number of hydrogen-bond acceptors (Lipinski definition) is 5. The van der Waals surface area contributed by atoms with Crippen molar-refractivity contribution in [1.29, 1.82) is 5.26 Å². The summed E-state index contributed by atoms with van der Waals surface area (Å²) >= 11 is 0. The molecule has 2 unspecified atom stereocenters. The third kappa shape index (κ3) is 6.73. The molecule has 33 heavy (non-hydrogen) atoms. The summed E-state index contributed by atoms with van der Waals surface area (Å²) in [7, 11) is 0. The topological polar surface area (TPSA) is 91.7 Å². The highest BCUT2D eigenvalue weighted by atomic mass is 19.3. The molecule has 9 heteroatoms. The van der Waals surface area contributed by atoms with E-state index in [9.17, 15) is 23.6 Å². The van der Waals surface area contributed by atoms with Gasteiger partial charge in [0.25, 0.3) is 5.91 Å². The number of nitriles is 1. The number of ether oxygens (including phenoxy) is 2. The van der Waals surface area contributed by atoms with Crippen molar-refractivity contribution in [2.24, 2.45) is 0 Å². The minimum absolute atomic E-state index is 0.0116. The molecule has 1 aliphatic rings. The standard InChI is InChI=1S/C24H25F2N3O4/c1-24(16-27,32-15-17-7-3-2-4-8-17)28-22(30)20(13-21(25)26)33-23(31)29-12-11-18-9-5-6-10-19(18)14-29/h2-10,20-21H,11-15H2,1H3,(H,28,30). The van der Waals surface area contributed by atoms with Crippen molar-refractivity contribution in [3.63, 3.8) is 0 Å². The van der Waals surface area contributed by atoms with E-state index in [0.29, 0.717) is 13.0 Å². The van der Waals surface area contributed by atoms with Gasteiger partial charge in [0.1, 0.15) is 6.07 Å². The number of halogens is 2. The van der Waals surface area contributed by atoms with Crippen LogP contribution in [0.15, 0.2) is 54.6 Å². The molecule has 1 N–H and O–H groups in total. The SMILES string of the molecule is CC(C#N)(NC(=O)C(CC(F)F)OC(=O)N1CCc2ccccc2C1)OCc1ccccc1. The number of carbonyl (C=O) groups excluding carboxylic acids is 2. The van der Waals surface area contributed by atoms with E-state index < -0.39 is 36.7 Å². The summed E-state index contributed by atoms with van der Waals surface area (Å²) in [5.41, 5.74) is 0.990. The molecule has 0 saturated carbocycles. The van der Waals surface area contributed by atoms with Crippen molar-refractivity contribution >= 4 is 12.0 Å². The maximum atomic E-state index is 13.1. The Morgan fingerprint density at radius 3 is 2.48 bits per heavy atom. The molecule has 1 heterocycles. The van der Waals surface area contributed by atoms with Crippen molar-refractivity contribution in [3.8, 4) is 6.07 Å². The number of rotatable bonds is 8. The Hall–Kier alpha value is -3.51. The molecular formula is C24H25F2N3O4. The molecule has 2 atom stereocenters. The predicted octanol–water partition coefficient (Wildman–Crippen LogP) is 3.78. The highest BCUT2D eigenvalue weighted by Crippen LogP contribution is 2.20. The number of nitrogens with zero attached hydrogens (tertiary/aromatic N) is 2. The van der Waals surface area contributed by atoms with Crippen molar-refractivity contribution in [3.05, 3.63) is 71.3 Å². The lowest BCUT2D eigenvalue weighted by Gasteiger charge is -2.30. The highest BCUT2D eigenvalue weighted by molar-refractivity contribution is 5.84. The van der Waals surface area contributed by atoms with E-state index in [1.54, 1.807) is 24.3 Å². The van der Waals surface area contributed by atoms with Gasteiger partial charge >= 0.3 is 6.09 Å². The third-order valence-corrected chi connectivity index (χ3v) is 5.26. The minimum atomic E-state index is -2.89. The van der Waals surface area contributed by atoms with Gasteiger partial charge in [0.2, 0.25) is 12.2 Å². The van der Waals surface area contributed by atoms with Gasteiger partial charge in [-0.15, -0.1) is 0 Å². The van der Waals surface area contributed by atoms with Gasteiger partial charge in [0.15, 0.2) is 6.10 Å². The summed E-state index contributed by atoms with van der Waals surface area (Å²) in [4.78, 5) is 26.7. The van der Waals surface area contributed by atoms with Crippen LogP contribution in [0.1, 0.15) is 30.0 Å². The molecule has 0 bridgehead atoms. The molecule has 2 aromatic carbocycles. The fourth-order valence-electron chi connectivity index (χ4n) is 3.43. The fraction of sp³-hybridized carbons (Fsp3) is 0.375. The zero-order valence-electron chi connectivity index (χ0n) is 18.2. The second-order valence-corrected chi connectivity index (χ2v) is 7.85. The lowest BCUT2D eigenvalue weighted by Crippen LogP contribution is -2.52. The molecule has 3 rings (SSSR count). The highest BCUT2D eigenvalue weighted by Gasteiger charge is 2.35. The van der Waals surface area contributed by atoms with Crippen LogP contribution in [0.25, 0.3) is 0 Å². The molecule has 0 aromatic heterocycles. The van der Waals surface area contributed by atoms with Crippen LogP contribution in [0.2, 0.25) is 0 Å². The minimum Gasteiger partial charge on any atom is -0.436 e. The molecule has 7 nitrogen and oxygen atoms in total. The first-order chi connectivity index (χ1) is 15.8. The molecule has 2 amide bonds. The summed E-state index contributed by atoms with van der Waals surface area (Å²) in [6.07, 6.45) is -5.94. The molecule has 1 aliphatic heterocycles. The third-order valence-electron chi connectivity index (χ3n) is 5.26. The lowest BCUT2D eigenvalue weighted by atomic mass is 10.0. The Balaban J connectivity index is 1.64. The molecule has 0 spiro atoms. The van der Waals surface area contributed by atoms with Crippen LogP contribution in [0.5, 0.6) is 0 Å². The van der Waals surface area contributed by atoms with E-state index in [2.05, 4.69) is 5.32 Å². The Labute approximate surface area is 190 Å². The van der Waals surface area contributed by atoms with Crippen molar-refractivity contribution in [1.82, 2.24) is 10.2 Å². The van der Waals surface area contributed by atoms with E-state index in [1.807, 2.05) is 36.4 Å². The van der Waals surface area contributed by atoms with Gasteiger partial charge in [0.05, 0.1) is 13.0 Å². The molecule has 0 aliphatic carbocycles. The first-order valence-electron chi connectivity index (χ1n) is 10.5. The van der Waals surface area contributed by atoms with Gasteiger partial charge in [0, 0.05) is 13.1 Å². The Bertz CT molecular complexity index is 1010. The van der Waals surface area contributed by atoms with Crippen LogP contribution >= 0.6 is 0 Å². The number of alkyl halides is 2. The van der Waals surface area contributed by atoms with Gasteiger partial charge in [-0.1, -0.05) is 54.6 Å².